The number of nitrogens with two attached hydrogens (primary N) is 1. The second-order valence-electron chi connectivity index (χ2n) is 11.1. The number of unbranched alkanes of at least 4 members (excludes halogenated alkanes) is 2. The van der Waals surface area contributed by atoms with Crippen molar-refractivity contribution in [1.82, 2.24) is 29.3 Å². The number of aryl methyl sites for hydroxylation is 2. The molecule has 0 unspecified atom stereocenters. The van der Waals surface area contributed by atoms with Gasteiger partial charge in [0.15, 0.2) is 11.5 Å². The number of nitrogen functional groups attached to an aromatic ring is 1. The van der Waals surface area contributed by atoms with Crippen LogP contribution in [0.3, 0.4) is 0 Å². The summed E-state index contributed by atoms with van der Waals surface area (Å²) in [5, 5.41) is 9.20. The standard InChI is InChI=1S/C30H43N7O5/c1-3-4-5-10-24-32-28(31)27-29(33-24)37(30(41)34-27)14-7-13-36(23-11-15-35(16-12-23)20-25(38)39)19-22-9-6-8-21(17-22)18-26(40)42-2/h6,8-9,17,23H,3-5,7,10-16,18-20H2,1-2H3,(H,34,41)(H,38,39)(H2,31,32,33). The van der Waals surface area contributed by atoms with Crippen LogP contribution in [0.15, 0.2) is 29.1 Å². The fourth-order valence-electron chi connectivity index (χ4n) is 5.72. The summed E-state index contributed by atoms with van der Waals surface area (Å²) in [6.07, 6.45) is 6.50. The molecule has 0 atom stereocenters. The normalized spacial score (nSPS) is 14.5. The first kappa shape index (κ1) is 31.2. The van der Waals surface area contributed by atoms with Gasteiger partial charge in [-0.15, -0.1) is 0 Å². The maximum absolute atomic E-state index is 12.9. The first-order valence-electron chi connectivity index (χ1n) is 14.8. The molecule has 0 saturated carbocycles. The number of methoxy groups -OCH3 is 1. The van der Waals surface area contributed by atoms with Gasteiger partial charge in [0.25, 0.3) is 0 Å². The summed E-state index contributed by atoms with van der Waals surface area (Å²) in [6, 6.07) is 8.23. The molecule has 42 heavy (non-hydrogen) atoms. The number of aliphatic carboxylic acids is 1. The largest absolute Gasteiger partial charge is 0.480 e. The van der Waals surface area contributed by atoms with Gasteiger partial charge in [-0.3, -0.25) is 24.0 Å². The molecule has 3 aromatic rings. The number of carbonyl (C=O) groups excluding carboxylic acids is 1. The highest BCUT2D eigenvalue weighted by Gasteiger charge is 2.26. The Hall–Kier alpha value is -3.77. The van der Waals surface area contributed by atoms with Gasteiger partial charge in [-0.25, -0.2) is 14.8 Å². The molecule has 3 heterocycles. The Morgan fingerprint density at radius 1 is 1.17 bits per heavy atom. The molecule has 12 nitrogen and oxygen atoms in total. The van der Waals surface area contributed by atoms with E-state index in [1.54, 1.807) is 4.57 Å². The van der Waals surface area contributed by atoms with Gasteiger partial charge in [0.05, 0.1) is 20.1 Å². The number of benzene rings is 1. The smallest absolute Gasteiger partial charge is 0.327 e. The molecule has 1 aliphatic rings. The zero-order valence-electron chi connectivity index (χ0n) is 24.7. The Labute approximate surface area is 245 Å². The molecule has 4 N–H and O–H groups in total. The molecule has 228 valence electrons. The maximum atomic E-state index is 12.9. The minimum absolute atomic E-state index is 0.0528. The molecule has 12 heteroatoms. The van der Waals surface area contributed by atoms with Crippen LogP contribution in [0.5, 0.6) is 0 Å². The minimum Gasteiger partial charge on any atom is -0.480 e. The van der Waals surface area contributed by atoms with E-state index in [0.29, 0.717) is 42.3 Å². The molecule has 1 aliphatic heterocycles. The number of carboxylic acids is 1. The van der Waals surface area contributed by atoms with E-state index in [1.165, 1.54) is 7.11 Å². The summed E-state index contributed by atoms with van der Waals surface area (Å²) in [6.45, 7) is 5.51. The number of rotatable bonds is 15. The van der Waals surface area contributed by atoms with Crippen LogP contribution in [-0.4, -0.2) is 85.7 Å². The Morgan fingerprint density at radius 2 is 1.93 bits per heavy atom. The topological polar surface area (TPSA) is 160 Å². The van der Waals surface area contributed by atoms with Gasteiger partial charge in [-0.1, -0.05) is 44.0 Å². The lowest BCUT2D eigenvalue weighted by atomic mass is 10.0. The molecule has 1 aromatic carbocycles. The molecule has 0 spiro atoms. The zero-order valence-corrected chi connectivity index (χ0v) is 24.7. The predicted octanol–water partition coefficient (Wildman–Crippen LogP) is 2.59. The van der Waals surface area contributed by atoms with Crippen molar-refractivity contribution in [1.29, 1.82) is 0 Å². The monoisotopic (exact) mass is 581 g/mol. The molecule has 1 saturated heterocycles. The molecule has 0 bridgehead atoms. The number of likely N-dealkylation sites (tertiary alicyclic amines) is 1. The Kier molecular flexibility index (Phi) is 11.1. The first-order valence-corrected chi connectivity index (χ1v) is 14.8. The van der Waals surface area contributed by atoms with E-state index in [9.17, 15) is 19.5 Å². The lowest BCUT2D eigenvalue weighted by Crippen LogP contribution is -2.46. The van der Waals surface area contributed by atoms with Crippen molar-refractivity contribution in [3.8, 4) is 0 Å². The number of piperidine rings is 1. The number of hydrogen-bond acceptors (Lipinski definition) is 9. The highest BCUT2D eigenvalue weighted by atomic mass is 16.5. The molecule has 4 rings (SSSR count). The van der Waals surface area contributed by atoms with Crippen LogP contribution in [0.1, 0.15) is 62.4 Å². The zero-order chi connectivity index (χ0) is 30.1. The number of fused-ring (bicyclic) bond motifs is 1. The minimum atomic E-state index is -0.810. The van der Waals surface area contributed by atoms with Crippen molar-refractivity contribution in [2.75, 3.05) is 39.0 Å². The molecule has 0 aliphatic carbocycles. The van der Waals surface area contributed by atoms with Crippen LogP contribution in [0.2, 0.25) is 0 Å². The van der Waals surface area contributed by atoms with Gasteiger partial charge in [-0.05, 0) is 36.8 Å². The molecular formula is C30H43N7O5. The lowest BCUT2D eigenvalue weighted by Gasteiger charge is -2.38. The fourth-order valence-corrected chi connectivity index (χ4v) is 5.72. The van der Waals surface area contributed by atoms with Crippen molar-refractivity contribution in [2.24, 2.45) is 0 Å². The fraction of sp³-hybridized carbons (Fsp3) is 0.567. The summed E-state index contributed by atoms with van der Waals surface area (Å²) >= 11 is 0. The molecule has 2 aromatic heterocycles. The SMILES string of the molecule is CCCCCc1nc(N)c2[nH]c(=O)n(CCCN(Cc3cccc(CC(=O)OC)c3)C3CCN(CC(=O)O)CC3)c2n1. The highest BCUT2D eigenvalue weighted by molar-refractivity contribution is 5.81. The number of carboxylic acid groups (broad SMARTS) is 1. The van der Waals surface area contributed by atoms with E-state index in [4.69, 9.17) is 15.5 Å². The van der Waals surface area contributed by atoms with E-state index in [-0.39, 0.29) is 30.7 Å². The van der Waals surface area contributed by atoms with E-state index in [1.807, 2.05) is 23.1 Å². The number of nitrogens with one attached hydrogen (secondary N) is 1. The van der Waals surface area contributed by atoms with Crippen LogP contribution in [0, 0.1) is 0 Å². The second kappa shape index (κ2) is 14.9. The van der Waals surface area contributed by atoms with Crippen molar-refractivity contribution in [3.05, 3.63) is 51.7 Å². The number of nitrogens with zero attached hydrogens (tertiary/aromatic N) is 5. The third-order valence-corrected chi connectivity index (χ3v) is 7.91. The maximum Gasteiger partial charge on any atom is 0.327 e. The Bertz CT molecular complexity index is 1410. The van der Waals surface area contributed by atoms with Crippen molar-refractivity contribution >= 4 is 28.9 Å². The summed E-state index contributed by atoms with van der Waals surface area (Å²) in [4.78, 5) is 52.2. The Balaban J connectivity index is 1.49. The average molecular weight is 582 g/mol. The van der Waals surface area contributed by atoms with Gasteiger partial charge < -0.3 is 20.6 Å². The van der Waals surface area contributed by atoms with E-state index in [0.717, 1.165) is 69.3 Å². The third-order valence-electron chi connectivity index (χ3n) is 7.91. The number of anilines is 1. The summed E-state index contributed by atoms with van der Waals surface area (Å²) < 4.78 is 6.49. The second-order valence-corrected chi connectivity index (χ2v) is 11.1. The predicted molar refractivity (Wildman–Crippen MR) is 160 cm³/mol. The number of esters is 1. The molecular weight excluding hydrogens is 538 g/mol. The van der Waals surface area contributed by atoms with E-state index in [2.05, 4.69) is 27.9 Å². The van der Waals surface area contributed by atoms with Crippen LogP contribution in [0.25, 0.3) is 11.2 Å². The van der Waals surface area contributed by atoms with Gasteiger partial charge >= 0.3 is 17.6 Å². The van der Waals surface area contributed by atoms with Gasteiger partial charge in [0, 0.05) is 45.2 Å². The van der Waals surface area contributed by atoms with Crippen LogP contribution in [0.4, 0.5) is 5.82 Å². The molecule has 0 amide bonds. The first-order chi connectivity index (χ1) is 20.3. The van der Waals surface area contributed by atoms with Crippen LogP contribution < -0.4 is 11.4 Å². The van der Waals surface area contributed by atoms with Crippen LogP contribution >= 0.6 is 0 Å². The summed E-state index contributed by atoms with van der Waals surface area (Å²) in [5.41, 5.74) is 8.94. The number of hydrogen-bond donors (Lipinski definition) is 3. The summed E-state index contributed by atoms with van der Waals surface area (Å²) in [7, 11) is 1.39. The van der Waals surface area contributed by atoms with Gasteiger partial charge in [0.1, 0.15) is 11.3 Å². The third kappa shape index (κ3) is 8.39. The number of carbonyl (C=O) groups is 2. The molecule has 1 fully saturated rings. The average Bonchev–Trinajstić information content (AvgIpc) is 3.28. The van der Waals surface area contributed by atoms with Crippen LogP contribution in [-0.2, 0) is 40.3 Å². The lowest BCUT2D eigenvalue weighted by molar-refractivity contribution is -0.140. The number of aromatic amines is 1. The summed E-state index contributed by atoms with van der Waals surface area (Å²) in [5.74, 6) is -0.140. The number of H-pyrrole nitrogens is 1. The van der Waals surface area contributed by atoms with Crippen molar-refractivity contribution < 1.29 is 19.4 Å². The van der Waals surface area contributed by atoms with Gasteiger partial charge in [-0.2, -0.15) is 0 Å². The highest BCUT2D eigenvalue weighted by Crippen LogP contribution is 2.21. The molecule has 0 radical (unpaired) electrons. The number of aromatic nitrogens is 4. The van der Waals surface area contributed by atoms with Gasteiger partial charge in [0.2, 0.25) is 0 Å². The van der Waals surface area contributed by atoms with Crippen molar-refractivity contribution in [2.45, 2.75) is 77.4 Å². The van der Waals surface area contributed by atoms with Crippen molar-refractivity contribution in [3.63, 3.8) is 0 Å². The van der Waals surface area contributed by atoms with E-state index < -0.39 is 5.97 Å². The number of ether oxygens (including phenoxy) is 1. The van der Waals surface area contributed by atoms with E-state index >= 15 is 0 Å². The quantitative estimate of drug-likeness (QED) is 0.180. The number of imidazole rings is 1. The Morgan fingerprint density at radius 3 is 2.64 bits per heavy atom.